The summed E-state index contributed by atoms with van der Waals surface area (Å²) in [6.45, 7) is 7.48. The molecule has 1 aromatic heterocycles. The van der Waals surface area contributed by atoms with Crippen LogP contribution in [-0.2, 0) is 4.74 Å². The lowest BCUT2D eigenvalue weighted by molar-refractivity contribution is 0.107. The van der Waals surface area contributed by atoms with E-state index in [1.54, 1.807) is 0 Å². The van der Waals surface area contributed by atoms with Gasteiger partial charge in [0.2, 0.25) is 17.8 Å². The van der Waals surface area contributed by atoms with Crippen molar-refractivity contribution in [3.63, 3.8) is 0 Å². The van der Waals surface area contributed by atoms with Crippen LogP contribution in [0.1, 0.15) is 33.1 Å². The van der Waals surface area contributed by atoms with Gasteiger partial charge >= 0.3 is 0 Å². The molecule has 0 bridgehead atoms. The third kappa shape index (κ3) is 3.93. The molecule has 1 aromatic rings. The average Bonchev–Trinajstić information content (AvgIpc) is 2.93. The third-order valence-electron chi connectivity index (χ3n) is 3.46. The molecule has 1 saturated heterocycles. The van der Waals surface area contributed by atoms with Gasteiger partial charge < -0.3 is 20.7 Å². The largest absolute Gasteiger partial charge is 0.378 e. The predicted octanol–water partition coefficient (Wildman–Crippen LogP) is 1.28. The van der Waals surface area contributed by atoms with Crippen molar-refractivity contribution in [1.29, 1.82) is 0 Å². The summed E-state index contributed by atoms with van der Waals surface area (Å²) in [6, 6.07) is 0. The van der Waals surface area contributed by atoms with E-state index in [1.807, 2.05) is 4.90 Å². The molecule has 20 heavy (non-hydrogen) atoms. The first-order valence-electron chi connectivity index (χ1n) is 7.35. The summed E-state index contributed by atoms with van der Waals surface area (Å²) in [4.78, 5) is 14.8. The van der Waals surface area contributed by atoms with Crippen molar-refractivity contribution in [1.82, 2.24) is 15.0 Å². The number of nitrogens with two attached hydrogens (primary N) is 1. The highest BCUT2D eigenvalue weighted by atomic mass is 16.5. The third-order valence-corrected chi connectivity index (χ3v) is 3.46. The summed E-state index contributed by atoms with van der Waals surface area (Å²) >= 11 is 0. The van der Waals surface area contributed by atoms with Crippen molar-refractivity contribution in [3.05, 3.63) is 0 Å². The standard InChI is InChI=1S/C13H24N6O/c1-3-19(4-2)13-17-11(14)16-12(18-13)15-8-7-10-6-5-9-20-10/h10H,3-9H2,1-2H3,(H3,14,15,16,17,18). The molecule has 7 heteroatoms. The topological polar surface area (TPSA) is 89.2 Å². The number of aromatic nitrogens is 3. The van der Waals surface area contributed by atoms with E-state index in [4.69, 9.17) is 10.5 Å². The van der Waals surface area contributed by atoms with Crippen LogP contribution in [0.15, 0.2) is 0 Å². The number of anilines is 3. The van der Waals surface area contributed by atoms with E-state index in [-0.39, 0.29) is 5.95 Å². The van der Waals surface area contributed by atoms with E-state index in [0.29, 0.717) is 18.0 Å². The number of nitrogens with one attached hydrogen (secondary N) is 1. The highest BCUT2D eigenvalue weighted by Gasteiger charge is 2.15. The molecule has 0 saturated carbocycles. The number of ether oxygens (including phenoxy) is 1. The fourth-order valence-corrected chi connectivity index (χ4v) is 2.32. The molecular formula is C13H24N6O. The van der Waals surface area contributed by atoms with Gasteiger partial charge in [0, 0.05) is 26.2 Å². The summed E-state index contributed by atoms with van der Waals surface area (Å²) in [5.74, 6) is 1.42. The number of hydrogen-bond acceptors (Lipinski definition) is 7. The zero-order chi connectivity index (χ0) is 14.4. The Morgan fingerprint density at radius 2 is 2.10 bits per heavy atom. The van der Waals surface area contributed by atoms with E-state index >= 15 is 0 Å². The maximum atomic E-state index is 5.75. The summed E-state index contributed by atoms with van der Waals surface area (Å²) < 4.78 is 5.59. The monoisotopic (exact) mass is 280 g/mol. The lowest BCUT2D eigenvalue weighted by atomic mass is 10.2. The zero-order valence-corrected chi connectivity index (χ0v) is 12.3. The smallest absolute Gasteiger partial charge is 0.231 e. The molecule has 2 heterocycles. The fourth-order valence-electron chi connectivity index (χ4n) is 2.32. The Morgan fingerprint density at radius 1 is 1.30 bits per heavy atom. The SMILES string of the molecule is CCN(CC)c1nc(N)nc(NCCC2CCCO2)n1. The van der Waals surface area contributed by atoms with Gasteiger partial charge in [-0.2, -0.15) is 15.0 Å². The number of nitrogens with zero attached hydrogens (tertiary/aromatic N) is 4. The van der Waals surface area contributed by atoms with Gasteiger partial charge in [-0.15, -0.1) is 0 Å². The van der Waals surface area contributed by atoms with Crippen molar-refractivity contribution in [2.24, 2.45) is 0 Å². The van der Waals surface area contributed by atoms with Crippen LogP contribution in [0.2, 0.25) is 0 Å². The van der Waals surface area contributed by atoms with Crippen molar-refractivity contribution < 1.29 is 4.74 Å². The molecule has 0 aliphatic carbocycles. The minimum absolute atomic E-state index is 0.251. The van der Waals surface area contributed by atoms with Crippen LogP contribution in [0.4, 0.5) is 17.8 Å². The van der Waals surface area contributed by atoms with Gasteiger partial charge in [-0.05, 0) is 33.1 Å². The Kier molecular flexibility index (Phi) is 5.34. The predicted molar refractivity (Wildman–Crippen MR) is 79.9 cm³/mol. The van der Waals surface area contributed by atoms with Gasteiger partial charge in [0.1, 0.15) is 0 Å². The zero-order valence-electron chi connectivity index (χ0n) is 12.3. The molecule has 0 spiro atoms. The van der Waals surface area contributed by atoms with Gasteiger partial charge in [0.15, 0.2) is 0 Å². The summed E-state index contributed by atoms with van der Waals surface area (Å²) in [6.07, 6.45) is 3.64. The van der Waals surface area contributed by atoms with E-state index in [0.717, 1.165) is 45.5 Å². The average molecular weight is 280 g/mol. The second-order valence-electron chi connectivity index (χ2n) is 4.84. The second-order valence-corrected chi connectivity index (χ2v) is 4.84. The summed E-state index contributed by atoms with van der Waals surface area (Å²) in [7, 11) is 0. The van der Waals surface area contributed by atoms with Crippen LogP contribution in [-0.4, -0.2) is 47.3 Å². The maximum Gasteiger partial charge on any atom is 0.231 e. The highest BCUT2D eigenvalue weighted by Crippen LogP contribution is 2.16. The van der Waals surface area contributed by atoms with Gasteiger partial charge in [0.25, 0.3) is 0 Å². The molecule has 0 aromatic carbocycles. The van der Waals surface area contributed by atoms with Gasteiger partial charge in [0.05, 0.1) is 6.10 Å². The summed E-state index contributed by atoms with van der Waals surface area (Å²) in [5, 5.41) is 3.21. The van der Waals surface area contributed by atoms with Crippen molar-refractivity contribution in [2.45, 2.75) is 39.2 Å². The molecule has 112 valence electrons. The van der Waals surface area contributed by atoms with Gasteiger partial charge in [-0.3, -0.25) is 0 Å². The summed E-state index contributed by atoms with van der Waals surface area (Å²) in [5.41, 5.74) is 5.75. The Bertz CT molecular complexity index is 417. The van der Waals surface area contributed by atoms with E-state index in [1.165, 1.54) is 0 Å². The number of nitrogen functional groups attached to an aromatic ring is 1. The molecule has 2 rings (SSSR count). The molecule has 1 aliphatic heterocycles. The molecule has 3 N–H and O–H groups in total. The molecule has 7 nitrogen and oxygen atoms in total. The maximum absolute atomic E-state index is 5.75. The molecule has 1 aliphatic rings. The molecule has 0 radical (unpaired) electrons. The normalized spacial score (nSPS) is 18.2. The van der Waals surface area contributed by atoms with Crippen molar-refractivity contribution >= 4 is 17.8 Å². The Morgan fingerprint density at radius 3 is 2.75 bits per heavy atom. The highest BCUT2D eigenvalue weighted by molar-refractivity contribution is 5.41. The molecule has 1 atom stereocenters. The number of hydrogen-bond donors (Lipinski definition) is 2. The van der Waals surface area contributed by atoms with Crippen LogP contribution >= 0.6 is 0 Å². The van der Waals surface area contributed by atoms with E-state index in [2.05, 4.69) is 34.1 Å². The van der Waals surface area contributed by atoms with E-state index in [9.17, 15) is 0 Å². The van der Waals surface area contributed by atoms with Crippen LogP contribution < -0.4 is 16.0 Å². The molecular weight excluding hydrogens is 256 g/mol. The minimum Gasteiger partial charge on any atom is -0.378 e. The van der Waals surface area contributed by atoms with Crippen LogP contribution in [0.5, 0.6) is 0 Å². The van der Waals surface area contributed by atoms with Gasteiger partial charge in [-0.1, -0.05) is 0 Å². The Labute approximate surface area is 119 Å². The molecule has 0 amide bonds. The van der Waals surface area contributed by atoms with Crippen LogP contribution in [0.25, 0.3) is 0 Å². The van der Waals surface area contributed by atoms with Crippen molar-refractivity contribution in [3.8, 4) is 0 Å². The van der Waals surface area contributed by atoms with Gasteiger partial charge in [-0.25, -0.2) is 0 Å². The first-order chi connectivity index (χ1) is 9.72. The van der Waals surface area contributed by atoms with Crippen molar-refractivity contribution in [2.75, 3.05) is 42.2 Å². The van der Waals surface area contributed by atoms with E-state index < -0.39 is 0 Å². The quantitative estimate of drug-likeness (QED) is 0.777. The first-order valence-corrected chi connectivity index (χ1v) is 7.35. The minimum atomic E-state index is 0.251. The van der Waals surface area contributed by atoms with Crippen LogP contribution in [0, 0.1) is 0 Å². The van der Waals surface area contributed by atoms with Crippen LogP contribution in [0.3, 0.4) is 0 Å². The first kappa shape index (κ1) is 14.8. The molecule has 1 unspecified atom stereocenters. The Hall–Kier alpha value is -1.63. The molecule has 1 fully saturated rings. The number of rotatable bonds is 7. The fraction of sp³-hybridized carbons (Fsp3) is 0.769. The lowest BCUT2D eigenvalue weighted by Gasteiger charge is -2.19. The lowest BCUT2D eigenvalue weighted by Crippen LogP contribution is -2.25. The second kappa shape index (κ2) is 7.23. The Balaban J connectivity index is 1.92.